The van der Waals surface area contributed by atoms with Crippen molar-refractivity contribution in [3.05, 3.63) is 45.9 Å². The molecule has 0 fully saturated rings. The molecule has 2 N–H and O–H groups in total. The molecule has 0 atom stereocenters. The highest BCUT2D eigenvalue weighted by atomic mass is 32.1. The minimum atomic E-state index is -1.18. The Morgan fingerprint density at radius 3 is 2.31 bits per heavy atom. The van der Waals surface area contributed by atoms with Crippen molar-refractivity contribution in [2.45, 2.75) is 6.54 Å². The van der Waals surface area contributed by atoms with Crippen molar-refractivity contribution in [2.24, 2.45) is 5.73 Å². The maximum Gasteiger partial charge on any atom is 0.161 e. The second-order valence-electron chi connectivity index (χ2n) is 3.25. The minimum absolute atomic E-state index is 0.0508. The molecule has 2 aromatic rings. The standard InChI is InChI=1S/C11H8F3NS/c12-9-3-11(14)10(13)2-8(9)6-1-7(4-15)16-5-6/h1-3,5H,4,15H2. The summed E-state index contributed by atoms with van der Waals surface area (Å²) >= 11 is 1.36. The van der Waals surface area contributed by atoms with Crippen LogP contribution in [-0.4, -0.2) is 0 Å². The van der Waals surface area contributed by atoms with Gasteiger partial charge in [-0.05, 0) is 23.1 Å². The Hall–Kier alpha value is -1.33. The summed E-state index contributed by atoms with van der Waals surface area (Å²) in [6.45, 7) is 0.343. The van der Waals surface area contributed by atoms with Crippen LogP contribution in [-0.2, 0) is 6.54 Å². The molecule has 2 rings (SSSR count). The molecule has 5 heteroatoms. The van der Waals surface area contributed by atoms with E-state index in [0.717, 1.165) is 10.9 Å². The Kier molecular flexibility index (Phi) is 2.98. The molecule has 0 bridgehead atoms. The lowest BCUT2D eigenvalue weighted by atomic mass is 10.1. The van der Waals surface area contributed by atoms with Crippen molar-refractivity contribution in [1.82, 2.24) is 0 Å². The van der Waals surface area contributed by atoms with E-state index in [1.54, 1.807) is 11.4 Å². The third kappa shape index (κ3) is 1.96. The van der Waals surface area contributed by atoms with Gasteiger partial charge < -0.3 is 5.73 Å². The zero-order chi connectivity index (χ0) is 11.7. The van der Waals surface area contributed by atoms with E-state index in [-0.39, 0.29) is 5.56 Å². The van der Waals surface area contributed by atoms with Gasteiger partial charge in [0.25, 0.3) is 0 Å². The van der Waals surface area contributed by atoms with Crippen LogP contribution in [0.2, 0.25) is 0 Å². The molecule has 0 saturated heterocycles. The van der Waals surface area contributed by atoms with Crippen molar-refractivity contribution in [1.29, 1.82) is 0 Å². The van der Waals surface area contributed by atoms with Crippen LogP contribution in [0.5, 0.6) is 0 Å². The van der Waals surface area contributed by atoms with Gasteiger partial charge in [-0.25, -0.2) is 13.2 Å². The Labute approximate surface area is 94.3 Å². The van der Waals surface area contributed by atoms with E-state index >= 15 is 0 Å². The first-order valence-electron chi connectivity index (χ1n) is 4.54. The van der Waals surface area contributed by atoms with E-state index in [1.165, 1.54) is 11.3 Å². The SMILES string of the molecule is NCc1cc(-c2cc(F)c(F)cc2F)cs1. The van der Waals surface area contributed by atoms with Crippen LogP contribution < -0.4 is 5.73 Å². The number of rotatable bonds is 2. The van der Waals surface area contributed by atoms with Gasteiger partial charge in [0.1, 0.15) is 5.82 Å². The van der Waals surface area contributed by atoms with Gasteiger partial charge in [-0.2, -0.15) is 0 Å². The van der Waals surface area contributed by atoms with Gasteiger partial charge in [0.05, 0.1) is 0 Å². The third-order valence-corrected chi connectivity index (χ3v) is 3.13. The first-order chi connectivity index (χ1) is 7.61. The van der Waals surface area contributed by atoms with E-state index in [2.05, 4.69) is 0 Å². The Balaban J connectivity index is 2.51. The highest BCUT2D eigenvalue weighted by molar-refractivity contribution is 7.10. The van der Waals surface area contributed by atoms with Gasteiger partial charge in [0.2, 0.25) is 0 Å². The number of thiophene rings is 1. The average Bonchev–Trinajstić information content (AvgIpc) is 2.71. The molecule has 0 unspecified atom stereocenters. The van der Waals surface area contributed by atoms with Crippen molar-refractivity contribution in [2.75, 3.05) is 0 Å². The molecule has 1 nitrogen and oxygen atoms in total. The second-order valence-corrected chi connectivity index (χ2v) is 4.25. The van der Waals surface area contributed by atoms with Crippen LogP contribution in [0.1, 0.15) is 4.88 Å². The predicted octanol–water partition coefficient (Wildman–Crippen LogP) is 3.29. The minimum Gasteiger partial charge on any atom is -0.326 e. The molecular weight excluding hydrogens is 235 g/mol. The predicted molar refractivity (Wildman–Crippen MR) is 57.5 cm³/mol. The Morgan fingerprint density at radius 1 is 1.00 bits per heavy atom. The molecule has 0 saturated carbocycles. The maximum atomic E-state index is 13.4. The molecule has 0 aliphatic rings. The first kappa shape index (κ1) is 11.2. The van der Waals surface area contributed by atoms with Gasteiger partial charge in [0, 0.05) is 23.1 Å². The molecule has 16 heavy (non-hydrogen) atoms. The lowest BCUT2D eigenvalue weighted by Crippen LogP contribution is -1.92. The quantitative estimate of drug-likeness (QED) is 0.805. The van der Waals surface area contributed by atoms with Crippen LogP contribution >= 0.6 is 11.3 Å². The highest BCUT2D eigenvalue weighted by Gasteiger charge is 2.12. The van der Waals surface area contributed by atoms with Gasteiger partial charge in [0.15, 0.2) is 11.6 Å². The van der Waals surface area contributed by atoms with E-state index in [4.69, 9.17) is 5.73 Å². The monoisotopic (exact) mass is 243 g/mol. The fourth-order valence-corrected chi connectivity index (χ4v) is 2.14. The maximum absolute atomic E-state index is 13.4. The van der Waals surface area contributed by atoms with Gasteiger partial charge in [-0.15, -0.1) is 11.3 Å². The molecular formula is C11H8F3NS. The number of hydrogen-bond acceptors (Lipinski definition) is 2. The molecule has 1 heterocycles. The van der Waals surface area contributed by atoms with Crippen molar-refractivity contribution >= 4 is 11.3 Å². The van der Waals surface area contributed by atoms with E-state index in [1.807, 2.05) is 0 Å². The van der Waals surface area contributed by atoms with Crippen LogP contribution in [0.4, 0.5) is 13.2 Å². The van der Waals surface area contributed by atoms with Crippen molar-refractivity contribution < 1.29 is 13.2 Å². The lowest BCUT2D eigenvalue weighted by Gasteiger charge is -2.01. The van der Waals surface area contributed by atoms with E-state index < -0.39 is 17.5 Å². The van der Waals surface area contributed by atoms with E-state index in [0.29, 0.717) is 18.2 Å². The largest absolute Gasteiger partial charge is 0.326 e. The Bertz CT molecular complexity index is 522. The fraction of sp³-hybridized carbons (Fsp3) is 0.0909. The van der Waals surface area contributed by atoms with Gasteiger partial charge >= 0.3 is 0 Å². The lowest BCUT2D eigenvalue weighted by molar-refractivity contribution is 0.496. The zero-order valence-corrected chi connectivity index (χ0v) is 8.95. The summed E-state index contributed by atoms with van der Waals surface area (Å²) in [7, 11) is 0. The average molecular weight is 243 g/mol. The highest BCUT2D eigenvalue weighted by Crippen LogP contribution is 2.29. The molecule has 1 aromatic heterocycles. The van der Waals surface area contributed by atoms with Gasteiger partial charge in [-0.3, -0.25) is 0 Å². The molecule has 0 amide bonds. The summed E-state index contributed by atoms with van der Waals surface area (Å²) in [6, 6.07) is 3.07. The van der Waals surface area contributed by atoms with Crippen molar-refractivity contribution in [3.8, 4) is 11.1 Å². The molecule has 0 radical (unpaired) electrons. The first-order valence-corrected chi connectivity index (χ1v) is 5.42. The summed E-state index contributed by atoms with van der Waals surface area (Å²) in [4.78, 5) is 0.860. The summed E-state index contributed by atoms with van der Waals surface area (Å²) in [5.41, 5.74) is 5.98. The number of hydrogen-bond donors (Lipinski definition) is 1. The summed E-state index contributed by atoms with van der Waals surface area (Å²) in [5.74, 6) is -3.02. The summed E-state index contributed by atoms with van der Waals surface area (Å²) < 4.78 is 39.1. The normalized spacial score (nSPS) is 10.8. The second kappa shape index (κ2) is 4.27. The van der Waals surface area contributed by atoms with Crippen LogP contribution in [0.3, 0.4) is 0 Å². The van der Waals surface area contributed by atoms with Gasteiger partial charge in [-0.1, -0.05) is 0 Å². The van der Waals surface area contributed by atoms with Crippen LogP contribution in [0, 0.1) is 17.5 Å². The number of nitrogens with two attached hydrogens (primary N) is 1. The fourth-order valence-electron chi connectivity index (χ4n) is 1.37. The van der Waals surface area contributed by atoms with Crippen LogP contribution in [0.15, 0.2) is 23.6 Å². The third-order valence-electron chi connectivity index (χ3n) is 2.18. The topological polar surface area (TPSA) is 26.0 Å². The molecule has 84 valence electrons. The summed E-state index contributed by atoms with van der Waals surface area (Å²) in [5, 5.41) is 1.66. The molecule has 0 aliphatic heterocycles. The number of halogens is 3. The van der Waals surface area contributed by atoms with E-state index in [9.17, 15) is 13.2 Å². The summed E-state index contributed by atoms with van der Waals surface area (Å²) in [6.07, 6.45) is 0. The van der Waals surface area contributed by atoms with Crippen molar-refractivity contribution in [3.63, 3.8) is 0 Å². The zero-order valence-electron chi connectivity index (χ0n) is 8.14. The Morgan fingerprint density at radius 2 is 1.69 bits per heavy atom. The molecule has 1 aromatic carbocycles. The smallest absolute Gasteiger partial charge is 0.161 e. The number of benzene rings is 1. The molecule has 0 spiro atoms. The van der Waals surface area contributed by atoms with Crippen LogP contribution in [0.25, 0.3) is 11.1 Å². The molecule has 0 aliphatic carbocycles.